The molecule has 0 saturated carbocycles. The summed E-state index contributed by atoms with van der Waals surface area (Å²) in [4.78, 5) is 7.21. The van der Waals surface area contributed by atoms with Gasteiger partial charge in [0, 0.05) is 12.5 Å². The second kappa shape index (κ2) is 6.31. The number of H-pyrrole nitrogens is 1. The molecule has 0 aliphatic carbocycles. The van der Waals surface area contributed by atoms with Crippen molar-refractivity contribution in [3.8, 4) is 0 Å². The van der Waals surface area contributed by atoms with E-state index in [4.69, 9.17) is 5.73 Å². The van der Waals surface area contributed by atoms with Gasteiger partial charge in [0.05, 0.1) is 5.52 Å². The SMILES string of the molecule is CC(C)C(CCN)CCc1nc2c(F)cc(F)cc2[nH]1. The summed E-state index contributed by atoms with van der Waals surface area (Å²) < 4.78 is 26.7. The lowest BCUT2D eigenvalue weighted by molar-refractivity contribution is 0.339. The molecule has 0 spiro atoms. The zero-order valence-electron chi connectivity index (χ0n) is 11.9. The van der Waals surface area contributed by atoms with Gasteiger partial charge in [-0.1, -0.05) is 13.8 Å². The molecule has 0 bridgehead atoms. The number of hydrogen-bond donors (Lipinski definition) is 2. The first-order valence-corrected chi connectivity index (χ1v) is 7.05. The van der Waals surface area contributed by atoms with Gasteiger partial charge < -0.3 is 10.7 Å². The van der Waals surface area contributed by atoms with E-state index in [1.54, 1.807) is 0 Å². The molecule has 3 N–H and O–H groups in total. The van der Waals surface area contributed by atoms with Gasteiger partial charge in [-0.2, -0.15) is 0 Å². The van der Waals surface area contributed by atoms with Crippen molar-refractivity contribution >= 4 is 11.0 Å². The van der Waals surface area contributed by atoms with Gasteiger partial charge in [-0.15, -0.1) is 0 Å². The van der Waals surface area contributed by atoms with E-state index in [1.165, 1.54) is 6.07 Å². The number of benzene rings is 1. The molecule has 5 heteroatoms. The number of aromatic amines is 1. The maximum atomic E-state index is 13.6. The molecule has 20 heavy (non-hydrogen) atoms. The number of nitrogens with zero attached hydrogens (tertiary/aromatic N) is 1. The van der Waals surface area contributed by atoms with Crippen molar-refractivity contribution in [3.05, 3.63) is 29.6 Å². The van der Waals surface area contributed by atoms with Crippen LogP contribution in [-0.4, -0.2) is 16.5 Å². The van der Waals surface area contributed by atoms with E-state index in [1.807, 2.05) is 0 Å². The minimum Gasteiger partial charge on any atom is -0.342 e. The van der Waals surface area contributed by atoms with E-state index < -0.39 is 11.6 Å². The van der Waals surface area contributed by atoms with Gasteiger partial charge in [0.1, 0.15) is 17.2 Å². The maximum Gasteiger partial charge on any atom is 0.153 e. The van der Waals surface area contributed by atoms with Crippen LogP contribution in [0.5, 0.6) is 0 Å². The molecule has 0 radical (unpaired) electrons. The quantitative estimate of drug-likeness (QED) is 0.852. The van der Waals surface area contributed by atoms with Crippen molar-refractivity contribution in [2.45, 2.75) is 33.1 Å². The van der Waals surface area contributed by atoms with E-state index >= 15 is 0 Å². The number of halogens is 2. The van der Waals surface area contributed by atoms with Crippen LogP contribution < -0.4 is 5.73 Å². The molecule has 1 unspecified atom stereocenters. The molecule has 1 atom stereocenters. The van der Waals surface area contributed by atoms with Gasteiger partial charge in [-0.25, -0.2) is 13.8 Å². The molecule has 0 aliphatic heterocycles. The smallest absolute Gasteiger partial charge is 0.153 e. The number of nitrogens with two attached hydrogens (primary N) is 1. The summed E-state index contributed by atoms with van der Waals surface area (Å²) in [5, 5.41) is 0. The molecule has 0 saturated heterocycles. The van der Waals surface area contributed by atoms with E-state index in [9.17, 15) is 8.78 Å². The third kappa shape index (κ3) is 3.33. The fourth-order valence-electron chi connectivity index (χ4n) is 2.56. The molecular formula is C15H21F2N3. The van der Waals surface area contributed by atoms with Crippen LogP contribution in [0.25, 0.3) is 11.0 Å². The Kier molecular flexibility index (Phi) is 4.70. The monoisotopic (exact) mass is 281 g/mol. The lowest BCUT2D eigenvalue weighted by Gasteiger charge is -2.19. The van der Waals surface area contributed by atoms with Crippen molar-refractivity contribution in [1.29, 1.82) is 0 Å². The Morgan fingerprint density at radius 2 is 2.00 bits per heavy atom. The normalized spacial score (nSPS) is 13.3. The first kappa shape index (κ1) is 14.9. The van der Waals surface area contributed by atoms with Gasteiger partial charge in [0.25, 0.3) is 0 Å². The lowest BCUT2D eigenvalue weighted by Crippen LogP contribution is -2.15. The van der Waals surface area contributed by atoms with Crippen LogP contribution in [0.15, 0.2) is 12.1 Å². The molecule has 0 aliphatic rings. The Morgan fingerprint density at radius 3 is 2.65 bits per heavy atom. The molecule has 1 aromatic carbocycles. The molecule has 3 nitrogen and oxygen atoms in total. The second-order valence-corrected chi connectivity index (χ2v) is 5.59. The molecule has 1 heterocycles. The van der Waals surface area contributed by atoms with Crippen LogP contribution in [-0.2, 0) is 6.42 Å². The van der Waals surface area contributed by atoms with Crippen LogP contribution in [0.4, 0.5) is 8.78 Å². The summed E-state index contributed by atoms with van der Waals surface area (Å²) in [5.74, 6) is 0.567. The van der Waals surface area contributed by atoms with E-state index in [-0.39, 0.29) is 5.52 Å². The van der Waals surface area contributed by atoms with Crippen molar-refractivity contribution in [1.82, 2.24) is 9.97 Å². The fourth-order valence-corrected chi connectivity index (χ4v) is 2.56. The number of imidazole rings is 1. The summed E-state index contributed by atoms with van der Waals surface area (Å²) in [6.45, 7) is 5.02. The zero-order chi connectivity index (χ0) is 14.7. The number of aryl methyl sites for hydroxylation is 1. The van der Waals surface area contributed by atoms with Crippen molar-refractivity contribution in [2.75, 3.05) is 6.54 Å². The minimum atomic E-state index is -0.620. The van der Waals surface area contributed by atoms with Gasteiger partial charge in [-0.05, 0) is 37.3 Å². The van der Waals surface area contributed by atoms with Crippen LogP contribution >= 0.6 is 0 Å². The fraction of sp³-hybridized carbons (Fsp3) is 0.533. The van der Waals surface area contributed by atoms with Gasteiger partial charge in [0.2, 0.25) is 0 Å². The third-order valence-corrected chi connectivity index (χ3v) is 3.79. The molecule has 1 aromatic heterocycles. The first-order chi connectivity index (χ1) is 9.51. The minimum absolute atomic E-state index is 0.210. The molecule has 0 amide bonds. The summed E-state index contributed by atoms with van der Waals surface area (Å²) >= 11 is 0. The lowest BCUT2D eigenvalue weighted by atomic mass is 9.88. The average Bonchev–Trinajstić information content (AvgIpc) is 2.77. The van der Waals surface area contributed by atoms with Crippen LogP contribution in [0.1, 0.15) is 32.5 Å². The summed E-state index contributed by atoms with van der Waals surface area (Å²) in [5.41, 5.74) is 6.24. The Bertz CT molecular complexity index is 578. The maximum absolute atomic E-state index is 13.6. The highest BCUT2D eigenvalue weighted by Gasteiger charge is 2.15. The van der Waals surface area contributed by atoms with Crippen molar-refractivity contribution < 1.29 is 8.78 Å². The standard InChI is InChI=1S/C15H21F2N3/c1-9(2)10(5-6-18)3-4-14-19-13-8-11(16)7-12(17)15(13)20-14/h7-10H,3-6,18H2,1-2H3,(H,19,20). The van der Waals surface area contributed by atoms with E-state index in [0.717, 1.165) is 25.3 Å². The Morgan fingerprint density at radius 1 is 1.25 bits per heavy atom. The average molecular weight is 281 g/mol. The molecule has 2 rings (SSSR count). The van der Waals surface area contributed by atoms with Gasteiger partial charge in [0.15, 0.2) is 5.82 Å². The third-order valence-electron chi connectivity index (χ3n) is 3.79. The highest BCUT2D eigenvalue weighted by Crippen LogP contribution is 2.22. The first-order valence-electron chi connectivity index (χ1n) is 7.05. The summed E-state index contributed by atoms with van der Waals surface area (Å²) in [7, 11) is 0. The molecule has 110 valence electrons. The number of nitrogens with one attached hydrogen (secondary N) is 1. The predicted octanol–water partition coefficient (Wildman–Crippen LogP) is 3.39. The molecule has 0 fully saturated rings. The predicted molar refractivity (Wildman–Crippen MR) is 76.3 cm³/mol. The summed E-state index contributed by atoms with van der Waals surface area (Å²) in [6, 6.07) is 2.13. The number of fused-ring (bicyclic) bond motifs is 1. The highest BCUT2D eigenvalue weighted by molar-refractivity contribution is 5.75. The number of hydrogen-bond acceptors (Lipinski definition) is 2. The topological polar surface area (TPSA) is 54.7 Å². The Balaban J connectivity index is 2.12. The van der Waals surface area contributed by atoms with E-state index in [0.29, 0.717) is 29.7 Å². The zero-order valence-corrected chi connectivity index (χ0v) is 11.9. The van der Waals surface area contributed by atoms with Crippen molar-refractivity contribution in [3.63, 3.8) is 0 Å². The second-order valence-electron chi connectivity index (χ2n) is 5.59. The van der Waals surface area contributed by atoms with Crippen LogP contribution in [0.2, 0.25) is 0 Å². The Hall–Kier alpha value is -1.49. The largest absolute Gasteiger partial charge is 0.342 e. The van der Waals surface area contributed by atoms with Gasteiger partial charge >= 0.3 is 0 Å². The van der Waals surface area contributed by atoms with Gasteiger partial charge in [-0.3, -0.25) is 0 Å². The molecule has 2 aromatic rings. The summed E-state index contributed by atoms with van der Waals surface area (Å²) in [6.07, 6.45) is 2.64. The molecular weight excluding hydrogens is 260 g/mol. The Labute approximate surface area is 117 Å². The number of rotatable bonds is 6. The van der Waals surface area contributed by atoms with Crippen molar-refractivity contribution in [2.24, 2.45) is 17.6 Å². The number of aromatic nitrogens is 2. The van der Waals surface area contributed by atoms with E-state index in [2.05, 4.69) is 23.8 Å². The van der Waals surface area contributed by atoms with Crippen LogP contribution in [0, 0.1) is 23.5 Å². The van der Waals surface area contributed by atoms with Crippen LogP contribution in [0.3, 0.4) is 0 Å². The highest BCUT2D eigenvalue weighted by atomic mass is 19.1.